The molecular weight excluding hydrogens is 322 g/mol. The number of nitrogens with one attached hydrogen (secondary N) is 1. The largest absolute Gasteiger partial charge is 0.495 e. The summed E-state index contributed by atoms with van der Waals surface area (Å²) in [5.41, 5.74) is 0.516. The lowest BCUT2D eigenvalue weighted by Gasteiger charge is -2.20. The number of ether oxygens (including phenoxy) is 1. The van der Waals surface area contributed by atoms with Gasteiger partial charge in [0.15, 0.2) is 0 Å². The number of pyridine rings is 1. The average molecular weight is 343 g/mol. The summed E-state index contributed by atoms with van der Waals surface area (Å²) < 4.78 is 6.56. The number of hydrogen-bond acceptors (Lipinski definition) is 4. The first-order valence-electron chi connectivity index (χ1n) is 7.85. The third-order valence-electron chi connectivity index (χ3n) is 3.74. The van der Waals surface area contributed by atoms with Crippen LogP contribution in [0.15, 0.2) is 47.4 Å². The molecule has 0 saturated carbocycles. The third kappa shape index (κ3) is 4.47. The number of methoxy groups -OCH3 is 1. The molecule has 7 heteroatoms. The normalized spacial score (nSPS) is 10.2. The van der Waals surface area contributed by atoms with Gasteiger partial charge in [-0.3, -0.25) is 14.4 Å². The van der Waals surface area contributed by atoms with Crippen molar-refractivity contribution in [3.63, 3.8) is 0 Å². The van der Waals surface area contributed by atoms with Gasteiger partial charge in [0.25, 0.3) is 11.5 Å². The second-order valence-corrected chi connectivity index (χ2v) is 5.43. The van der Waals surface area contributed by atoms with Crippen molar-refractivity contribution in [1.82, 2.24) is 9.47 Å². The predicted molar refractivity (Wildman–Crippen MR) is 94.9 cm³/mol. The molecule has 132 valence electrons. The molecule has 1 aromatic heterocycles. The van der Waals surface area contributed by atoms with Crippen molar-refractivity contribution < 1.29 is 14.3 Å². The maximum Gasteiger partial charge on any atom is 0.254 e. The number of benzene rings is 1. The Morgan fingerprint density at radius 3 is 2.60 bits per heavy atom. The molecule has 2 amide bonds. The van der Waals surface area contributed by atoms with Crippen molar-refractivity contribution in [2.75, 3.05) is 25.5 Å². The van der Waals surface area contributed by atoms with Crippen molar-refractivity contribution in [3.8, 4) is 5.75 Å². The van der Waals surface area contributed by atoms with Crippen LogP contribution in [-0.2, 0) is 11.8 Å². The molecule has 0 atom stereocenters. The molecule has 0 fully saturated rings. The fourth-order valence-electron chi connectivity index (χ4n) is 2.30. The van der Waals surface area contributed by atoms with Crippen molar-refractivity contribution >= 4 is 17.5 Å². The molecule has 0 spiro atoms. The van der Waals surface area contributed by atoms with Gasteiger partial charge in [0.1, 0.15) is 12.3 Å². The van der Waals surface area contributed by atoms with Crippen LogP contribution in [0.1, 0.15) is 17.3 Å². The predicted octanol–water partition coefficient (Wildman–Crippen LogP) is 1.49. The summed E-state index contributed by atoms with van der Waals surface area (Å²) in [6, 6.07) is 9.86. The molecule has 0 unspecified atom stereocenters. The quantitative estimate of drug-likeness (QED) is 0.862. The van der Waals surface area contributed by atoms with E-state index in [0.29, 0.717) is 18.0 Å². The highest BCUT2D eigenvalue weighted by molar-refractivity contribution is 5.99. The van der Waals surface area contributed by atoms with Crippen molar-refractivity contribution in [2.24, 2.45) is 7.05 Å². The summed E-state index contributed by atoms with van der Waals surface area (Å²) in [5, 5.41) is 2.73. The van der Waals surface area contributed by atoms with E-state index >= 15 is 0 Å². The van der Waals surface area contributed by atoms with Crippen LogP contribution in [0.3, 0.4) is 0 Å². The number of rotatable bonds is 6. The minimum Gasteiger partial charge on any atom is -0.495 e. The van der Waals surface area contributed by atoms with Crippen molar-refractivity contribution in [2.45, 2.75) is 6.92 Å². The first-order chi connectivity index (χ1) is 12.0. The Labute approximate surface area is 145 Å². The lowest BCUT2D eigenvalue weighted by Crippen LogP contribution is -2.38. The molecule has 1 N–H and O–H groups in total. The smallest absolute Gasteiger partial charge is 0.254 e. The van der Waals surface area contributed by atoms with E-state index in [9.17, 15) is 14.4 Å². The number of hydrogen-bond donors (Lipinski definition) is 1. The molecule has 2 rings (SSSR count). The molecule has 0 radical (unpaired) electrons. The number of aromatic nitrogens is 1. The second kappa shape index (κ2) is 8.14. The summed E-state index contributed by atoms with van der Waals surface area (Å²) >= 11 is 0. The molecule has 1 aromatic carbocycles. The van der Waals surface area contributed by atoms with E-state index < -0.39 is 0 Å². The van der Waals surface area contributed by atoms with Gasteiger partial charge < -0.3 is 19.5 Å². The van der Waals surface area contributed by atoms with Crippen molar-refractivity contribution in [1.29, 1.82) is 0 Å². The lowest BCUT2D eigenvalue weighted by atomic mass is 10.2. The average Bonchev–Trinajstić information content (AvgIpc) is 2.61. The number of amides is 2. The number of likely N-dealkylation sites (N-methyl/N-ethyl adjacent to an activating group) is 1. The van der Waals surface area contributed by atoms with Gasteiger partial charge in [-0.25, -0.2) is 0 Å². The Kier molecular flexibility index (Phi) is 5.94. The van der Waals surface area contributed by atoms with Crippen LogP contribution in [0, 0.1) is 0 Å². The van der Waals surface area contributed by atoms with Gasteiger partial charge in [0.2, 0.25) is 5.91 Å². The zero-order chi connectivity index (χ0) is 18.4. The Balaban J connectivity index is 2.10. The first-order valence-corrected chi connectivity index (χ1v) is 7.85. The van der Waals surface area contributed by atoms with Gasteiger partial charge in [0.05, 0.1) is 12.8 Å². The molecule has 1 heterocycles. The number of carbonyl (C=O) groups is 2. The maximum absolute atomic E-state index is 12.5. The molecule has 0 aliphatic rings. The number of carbonyl (C=O) groups excluding carboxylic acids is 2. The van der Waals surface area contributed by atoms with E-state index in [2.05, 4.69) is 5.32 Å². The topological polar surface area (TPSA) is 80.6 Å². The molecular formula is C18H21N3O4. The van der Waals surface area contributed by atoms with Crippen LogP contribution in [0.25, 0.3) is 0 Å². The first kappa shape index (κ1) is 18.3. The highest BCUT2D eigenvalue weighted by Gasteiger charge is 2.18. The third-order valence-corrected chi connectivity index (χ3v) is 3.74. The zero-order valence-electron chi connectivity index (χ0n) is 14.5. The molecule has 7 nitrogen and oxygen atoms in total. The van der Waals surface area contributed by atoms with Gasteiger partial charge in [-0.05, 0) is 25.1 Å². The number of anilines is 1. The van der Waals surface area contributed by atoms with Crippen LogP contribution < -0.4 is 15.6 Å². The van der Waals surface area contributed by atoms with Crippen LogP contribution >= 0.6 is 0 Å². The van der Waals surface area contributed by atoms with Gasteiger partial charge in [-0.2, -0.15) is 0 Å². The summed E-state index contributed by atoms with van der Waals surface area (Å²) in [6.07, 6.45) is 1.53. The maximum atomic E-state index is 12.5. The Morgan fingerprint density at radius 2 is 1.96 bits per heavy atom. The Morgan fingerprint density at radius 1 is 1.24 bits per heavy atom. The van der Waals surface area contributed by atoms with Gasteiger partial charge in [-0.15, -0.1) is 0 Å². The molecule has 0 bridgehead atoms. The van der Waals surface area contributed by atoms with E-state index in [-0.39, 0.29) is 29.5 Å². The van der Waals surface area contributed by atoms with Crippen LogP contribution in [0.2, 0.25) is 0 Å². The zero-order valence-corrected chi connectivity index (χ0v) is 14.5. The highest BCUT2D eigenvalue weighted by Crippen LogP contribution is 2.22. The Bertz CT molecular complexity index is 829. The molecule has 25 heavy (non-hydrogen) atoms. The number of aryl methyl sites for hydroxylation is 1. The SMILES string of the molecule is CCN(CC(=O)Nc1ccccc1OC)C(=O)c1ccn(C)c(=O)c1. The van der Waals surface area contributed by atoms with Gasteiger partial charge in [0, 0.05) is 31.4 Å². The Hall–Kier alpha value is -3.09. The summed E-state index contributed by atoms with van der Waals surface area (Å²) in [4.78, 5) is 37.9. The van der Waals surface area contributed by atoms with Gasteiger partial charge in [-0.1, -0.05) is 12.1 Å². The molecule has 2 aromatic rings. The second-order valence-electron chi connectivity index (χ2n) is 5.43. The fraction of sp³-hybridized carbons (Fsp3) is 0.278. The monoisotopic (exact) mass is 343 g/mol. The van der Waals surface area contributed by atoms with Crippen molar-refractivity contribution in [3.05, 3.63) is 58.5 Å². The van der Waals surface area contributed by atoms with Gasteiger partial charge >= 0.3 is 0 Å². The molecule has 0 aliphatic carbocycles. The summed E-state index contributed by atoms with van der Waals surface area (Å²) in [6.45, 7) is 1.99. The highest BCUT2D eigenvalue weighted by atomic mass is 16.5. The molecule has 0 saturated heterocycles. The summed E-state index contributed by atoms with van der Waals surface area (Å²) in [7, 11) is 3.12. The van der Waals surface area contributed by atoms with Crippen LogP contribution in [0.4, 0.5) is 5.69 Å². The number of para-hydroxylation sites is 2. The van der Waals surface area contributed by atoms with E-state index in [1.807, 2.05) is 0 Å². The molecule has 0 aliphatic heterocycles. The van der Waals surface area contributed by atoms with E-state index in [1.54, 1.807) is 44.3 Å². The van der Waals surface area contributed by atoms with Crippen LogP contribution in [-0.4, -0.2) is 41.5 Å². The minimum absolute atomic E-state index is 0.122. The minimum atomic E-state index is -0.365. The van der Waals surface area contributed by atoms with E-state index in [1.165, 1.54) is 28.8 Å². The number of nitrogens with zero attached hydrogens (tertiary/aromatic N) is 2. The summed E-state index contributed by atoms with van der Waals surface area (Å²) in [5.74, 6) is -0.171. The van der Waals surface area contributed by atoms with E-state index in [0.717, 1.165) is 0 Å². The van der Waals surface area contributed by atoms with Crippen LogP contribution in [0.5, 0.6) is 5.75 Å². The lowest BCUT2D eigenvalue weighted by molar-refractivity contribution is -0.116. The standard InChI is InChI=1S/C18H21N3O4/c1-4-21(18(24)13-9-10-20(2)17(23)11-13)12-16(22)19-14-7-5-6-8-15(14)25-3/h5-11H,4,12H2,1-3H3,(H,19,22). The fourth-order valence-corrected chi connectivity index (χ4v) is 2.30. The van der Waals surface area contributed by atoms with E-state index in [4.69, 9.17) is 4.74 Å².